The van der Waals surface area contributed by atoms with Gasteiger partial charge in [-0.25, -0.2) is 4.39 Å². The summed E-state index contributed by atoms with van der Waals surface area (Å²) in [6.07, 6.45) is 0.416. The monoisotopic (exact) mass is 202 g/mol. The van der Waals surface area contributed by atoms with Gasteiger partial charge < -0.3 is 5.11 Å². The first kappa shape index (κ1) is 9.71. The second kappa shape index (κ2) is 4.13. The van der Waals surface area contributed by atoms with Crippen LogP contribution in [0.5, 0.6) is 5.75 Å². The zero-order valence-electron chi connectivity index (χ0n) is 8.15. The molecule has 0 spiro atoms. The number of para-hydroxylation sites is 1. The maximum atomic E-state index is 13.3. The summed E-state index contributed by atoms with van der Waals surface area (Å²) in [6, 6.07) is 13.6. The van der Waals surface area contributed by atoms with Gasteiger partial charge in [-0.2, -0.15) is 0 Å². The lowest BCUT2D eigenvalue weighted by molar-refractivity contribution is 0.469. The van der Waals surface area contributed by atoms with E-state index in [2.05, 4.69) is 0 Å². The highest BCUT2D eigenvalue weighted by atomic mass is 19.1. The van der Waals surface area contributed by atoms with Gasteiger partial charge in [0.25, 0.3) is 0 Å². The molecule has 1 N–H and O–H groups in total. The van der Waals surface area contributed by atoms with E-state index in [1.165, 1.54) is 6.07 Å². The van der Waals surface area contributed by atoms with Crippen LogP contribution in [-0.4, -0.2) is 5.11 Å². The molecule has 0 aliphatic heterocycles. The van der Waals surface area contributed by atoms with Crippen LogP contribution in [0.25, 0.3) is 0 Å². The highest BCUT2D eigenvalue weighted by molar-refractivity contribution is 5.36. The molecule has 0 aliphatic carbocycles. The van der Waals surface area contributed by atoms with Crippen LogP contribution in [0.15, 0.2) is 48.5 Å². The summed E-state index contributed by atoms with van der Waals surface area (Å²) in [6.45, 7) is 0. The van der Waals surface area contributed by atoms with Gasteiger partial charge in [-0.15, -0.1) is 0 Å². The normalized spacial score (nSPS) is 10.2. The molecule has 2 heteroatoms. The van der Waals surface area contributed by atoms with E-state index in [1.54, 1.807) is 36.4 Å². The van der Waals surface area contributed by atoms with Crippen molar-refractivity contribution in [3.63, 3.8) is 0 Å². The van der Waals surface area contributed by atoms with E-state index in [0.717, 1.165) is 5.56 Å². The maximum Gasteiger partial charge on any atom is 0.126 e. The molecule has 76 valence electrons. The molecule has 0 radical (unpaired) electrons. The van der Waals surface area contributed by atoms with Gasteiger partial charge in [0.2, 0.25) is 0 Å². The summed E-state index contributed by atoms with van der Waals surface area (Å²) in [5, 5.41) is 9.54. The fraction of sp³-hybridized carbons (Fsp3) is 0.0769. The lowest BCUT2D eigenvalue weighted by atomic mass is 10.0. The van der Waals surface area contributed by atoms with E-state index >= 15 is 0 Å². The minimum atomic E-state index is -0.235. The molecule has 15 heavy (non-hydrogen) atoms. The minimum Gasteiger partial charge on any atom is -0.508 e. The Morgan fingerprint density at radius 1 is 0.867 bits per heavy atom. The second-order valence-corrected chi connectivity index (χ2v) is 3.40. The van der Waals surface area contributed by atoms with E-state index in [-0.39, 0.29) is 11.6 Å². The summed E-state index contributed by atoms with van der Waals surface area (Å²) in [5.41, 5.74) is 1.33. The molecule has 0 atom stereocenters. The Balaban J connectivity index is 2.30. The van der Waals surface area contributed by atoms with Gasteiger partial charge >= 0.3 is 0 Å². The lowest BCUT2D eigenvalue weighted by Gasteiger charge is -2.05. The molecular formula is C13H11FO. The van der Waals surface area contributed by atoms with Crippen LogP contribution >= 0.6 is 0 Å². The number of phenolic OH excluding ortho intramolecular Hbond substituents is 1. The third-order valence-corrected chi connectivity index (χ3v) is 2.33. The Morgan fingerprint density at radius 3 is 2.13 bits per heavy atom. The van der Waals surface area contributed by atoms with Gasteiger partial charge in [0.1, 0.15) is 11.6 Å². The molecule has 0 saturated heterocycles. The molecule has 0 saturated carbocycles. The third kappa shape index (κ3) is 2.15. The number of benzene rings is 2. The van der Waals surface area contributed by atoms with Gasteiger partial charge in [-0.1, -0.05) is 36.4 Å². The fourth-order valence-corrected chi connectivity index (χ4v) is 1.51. The molecule has 1 nitrogen and oxygen atoms in total. The van der Waals surface area contributed by atoms with Gasteiger partial charge in [-0.3, -0.25) is 0 Å². The van der Waals surface area contributed by atoms with Crippen LogP contribution in [0, 0.1) is 5.82 Å². The lowest BCUT2D eigenvalue weighted by Crippen LogP contribution is -1.92. The molecular weight excluding hydrogens is 191 g/mol. The Hall–Kier alpha value is -1.83. The van der Waals surface area contributed by atoms with Crippen molar-refractivity contribution in [1.82, 2.24) is 0 Å². The molecule has 0 heterocycles. The Morgan fingerprint density at radius 2 is 1.47 bits per heavy atom. The number of rotatable bonds is 2. The Bertz CT molecular complexity index is 422. The molecule has 2 aromatic carbocycles. The van der Waals surface area contributed by atoms with Crippen LogP contribution in [0.1, 0.15) is 11.1 Å². The summed E-state index contributed by atoms with van der Waals surface area (Å²) in [4.78, 5) is 0. The summed E-state index contributed by atoms with van der Waals surface area (Å²) in [5.74, 6) is -0.0264. The largest absolute Gasteiger partial charge is 0.508 e. The zero-order chi connectivity index (χ0) is 10.7. The van der Waals surface area contributed by atoms with Crippen molar-refractivity contribution in [2.24, 2.45) is 0 Å². The molecule has 0 unspecified atom stereocenters. The number of halogens is 1. The Labute approximate surface area is 87.8 Å². The predicted octanol–water partition coefficient (Wildman–Crippen LogP) is 3.12. The van der Waals surface area contributed by atoms with Crippen LogP contribution in [0.2, 0.25) is 0 Å². The van der Waals surface area contributed by atoms with Crippen LogP contribution < -0.4 is 0 Å². The fourth-order valence-electron chi connectivity index (χ4n) is 1.51. The third-order valence-electron chi connectivity index (χ3n) is 2.33. The highest BCUT2D eigenvalue weighted by Gasteiger charge is 2.04. The second-order valence-electron chi connectivity index (χ2n) is 3.40. The molecule has 2 rings (SSSR count). The van der Waals surface area contributed by atoms with Gasteiger partial charge in [-0.05, 0) is 23.3 Å². The van der Waals surface area contributed by atoms with Gasteiger partial charge in [0, 0.05) is 6.42 Å². The number of phenols is 1. The number of hydrogen-bond donors (Lipinski definition) is 1. The number of hydrogen-bond acceptors (Lipinski definition) is 1. The van der Waals surface area contributed by atoms with Crippen LogP contribution in [0.4, 0.5) is 4.39 Å². The number of aromatic hydroxyl groups is 1. The SMILES string of the molecule is Oc1ccccc1Cc1ccccc1F. The van der Waals surface area contributed by atoms with E-state index in [0.29, 0.717) is 12.0 Å². The average molecular weight is 202 g/mol. The first-order chi connectivity index (χ1) is 7.27. The first-order valence-corrected chi connectivity index (χ1v) is 4.77. The molecule has 0 amide bonds. The molecule has 0 aliphatic rings. The minimum absolute atomic E-state index is 0.209. The van der Waals surface area contributed by atoms with Crippen molar-refractivity contribution >= 4 is 0 Å². The van der Waals surface area contributed by atoms with Crippen molar-refractivity contribution in [2.45, 2.75) is 6.42 Å². The van der Waals surface area contributed by atoms with Crippen molar-refractivity contribution in [3.8, 4) is 5.75 Å². The maximum absolute atomic E-state index is 13.3. The zero-order valence-corrected chi connectivity index (χ0v) is 8.15. The summed E-state index contributed by atoms with van der Waals surface area (Å²) in [7, 11) is 0. The molecule has 0 bridgehead atoms. The van der Waals surface area contributed by atoms with Crippen molar-refractivity contribution in [2.75, 3.05) is 0 Å². The highest BCUT2D eigenvalue weighted by Crippen LogP contribution is 2.20. The van der Waals surface area contributed by atoms with Crippen molar-refractivity contribution < 1.29 is 9.50 Å². The molecule has 0 fully saturated rings. The average Bonchev–Trinajstić information content (AvgIpc) is 2.24. The molecule has 2 aromatic rings. The predicted molar refractivity (Wildman–Crippen MR) is 57.3 cm³/mol. The van der Waals surface area contributed by atoms with E-state index in [1.807, 2.05) is 6.07 Å². The van der Waals surface area contributed by atoms with Crippen LogP contribution in [0.3, 0.4) is 0 Å². The quantitative estimate of drug-likeness (QED) is 0.793. The standard InChI is InChI=1S/C13H11FO/c14-12-7-3-1-5-10(12)9-11-6-2-4-8-13(11)15/h1-8,15H,9H2. The van der Waals surface area contributed by atoms with E-state index in [4.69, 9.17) is 0 Å². The van der Waals surface area contributed by atoms with Crippen LogP contribution in [-0.2, 0) is 6.42 Å². The van der Waals surface area contributed by atoms with E-state index in [9.17, 15) is 9.50 Å². The van der Waals surface area contributed by atoms with E-state index < -0.39 is 0 Å². The van der Waals surface area contributed by atoms with Gasteiger partial charge in [0.15, 0.2) is 0 Å². The molecule has 0 aromatic heterocycles. The Kier molecular flexibility index (Phi) is 2.68. The van der Waals surface area contributed by atoms with Gasteiger partial charge in [0.05, 0.1) is 0 Å². The summed E-state index contributed by atoms with van der Waals surface area (Å²) >= 11 is 0. The van der Waals surface area contributed by atoms with Crippen molar-refractivity contribution in [3.05, 3.63) is 65.5 Å². The summed E-state index contributed by atoms with van der Waals surface area (Å²) < 4.78 is 13.3. The topological polar surface area (TPSA) is 20.2 Å². The van der Waals surface area contributed by atoms with Crippen molar-refractivity contribution in [1.29, 1.82) is 0 Å². The first-order valence-electron chi connectivity index (χ1n) is 4.77. The smallest absolute Gasteiger partial charge is 0.126 e.